The van der Waals surface area contributed by atoms with Crippen LogP contribution in [0.25, 0.3) is 123 Å². The summed E-state index contributed by atoms with van der Waals surface area (Å²) in [6.07, 6.45) is 20.6. The van der Waals surface area contributed by atoms with Gasteiger partial charge in [-0.3, -0.25) is 39.9 Å². The van der Waals surface area contributed by atoms with Gasteiger partial charge < -0.3 is 24.1 Å². The molecule has 12 rings (SSSR count). The summed E-state index contributed by atoms with van der Waals surface area (Å²) in [6, 6.07) is 5.20. The first-order chi connectivity index (χ1) is 33.2. The zero-order valence-corrected chi connectivity index (χ0v) is 36.0. The Hall–Kier alpha value is -9.33. The highest BCUT2D eigenvalue weighted by Crippen LogP contribution is 2.43. The highest BCUT2D eigenvalue weighted by molar-refractivity contribution is 6.07. The lowest BCUT2D eigenvalue weighted by atomic mass is 9.99. The number of carbonyl (C=O) groups is 1. The average Bonchev–Trinajstić information content (AvgIpc) is 4.19. The van der Waals surface area contributed by atoms with Gasteiger partial charge in [0.25, 0.3) is 0 Å². The van der Waals surface area contributed by atoms with Gasteiger partial charge in [-0.05, 0) is 36.6 Å². The molecule has 0 aliphatic carbocycles. The predicted octanol–water partition coefficient (Wildman–Crippen LogP) is 9.99. The molecule has 0 atom stereocenters. The van der Waals surface area contributed by atoms with Gasteiger partial charge in [0.2, 0.25) is 5.91 Å². The normalized spacial score (nSPS) is 11.9. The minimum atomic E-state index is -0.727. The monoisotopic (exact) mass is 905 g/mol. The molecule has 0 saturated heterocycles. The minimum Gasteiger partial charge on any atom is -0.472 e. The molecule has 12 heterocycles. The molecule has 0 aromatic carbocycles. The number of anilines is 1. The number of halogens is 2. The van der Waals surface area contributed by atoms with Crippen LogP contribution in [0.3, 0.4) is 0 Å². The molecule has 0 saturated carbocycles. The quantitative estimate of drug-likeness (QED) is 0.0858. The van der Waals surface area contributed by atoms with Gasteiger partial charge in [0.15, 0.2) is 23.3 Å². The fraction of sp³-hybridized carbons (Fsp3) is 0.104. The van der Waals surface area contributed by atoms with E-state index in [1.807, 2.05) is 20.8 Å². The number of fused-ring (bicyclic) bond motifs is 4. The van der Waals surface area contributed by atoms with Crippen LogP contribution in [0, 0.1) is 24.5 Å². The van der Waals surface area contributed by atoms with Gasteiger partial charge in [-0.2, -0.15) is 10.2 Å². The number of H-pyrrole nitrogens is 4. The van der Waals surface area contributed by atoms with Gasteiger partial charge in [0, 0.05) is 76.3 Å². The van der Waals surface area contributed by atoms with Gasteiger partial charge in [0.1, 0.15) is 45.8 Å². The molecule has 5 N–H and O–H groups in total. The van der Waals surface area contributed by atoms with Crippen molar-refractivity contribution >= 4 is 55.5 Å². The lowest BCUT2D eigenvalue weighted by molar-refractivity contribution is -0.116. The number of aromatic nitrogens is 14. The van der Waals surface area contributed by atoms with Crippen LogP contribution in [-0.4, -0.2) is 76.1 Å². The highest BCUT2D eigenvalue weighted by Gasteiger charge is 2.29. The van der Waals surface area contributed by atoms with E-state index >= 15 is 8.78 Å². The predicted molar refractivity (Wildman–Crippen MR) is 247 cm³/mol. The number of pyridine rings is 6. The number of amides is 1. The van der Waals surface area contributed by atoms with Crippen molar-refractivity contribution in [3.8, 4) is 79.1 Å². The number of nitrogens with zero attached hydrogens (tertiary/aromatic N) is 10. The number of imidazole rings is 2. The van der Waals surface area contributed by atoms with E-state index in [2.05, 4.69) is 60.6 Å². The lowest BCUT2D eigenvalue weighted by Gasteiger charge is -2.11. The minimum absolute atomic E-state index is 0.0597. The molecule has 0 bridgehead atoms. The second kappa shape index (κ2) is 15.7. The SMILES string of the molecule is Cc1ccncc1-c1ncc2[nH]nc(-c3nc4c(-c5cocc5-c5nc(-c6cncc(NC(=O)CC(C)C)c6)c(F)c6c(-c7nc8c(-c9ccoc9)cncc8[nH]7)n[nH]c56)cncc4[nH]3)c2c1F. The number of aromatic amines is 4. The zero-order chi connectivity index (χ0) is 46.2. The molecular weight excluding hydrogens is 873 g/mol. The summed E-state index contributed by atoms with van der Waals surface area (Å²) in [6.45, 7) is 5.74. The molecule has 1 amide bonds. The van der Waals surface area contributed by atoms with Gasteiger partial charge in [0.05, 0.1) is 82.1 Å². The Kier molecular flexibility index (Phi) is 9.27. The Labute approximate surface area is 380 Å². The van der Waals surface area contributed by atoms with Gasteiger partial charge in [-0.25, -0.2) is 23.7 Å². The largest absolute Gasteiger partial charge is 0.472 e. The van der Waals surface area contributed by atoms with Crippen molar-refractivity contribution in [3.05, 3.63) is 116 Å². The maximum Gasteiger partial charge on any atom is 0.224 e. The molecule has 68 heavy (non-hydrogen) atoms. The van der Waals surface area contributed by atoms with Crippen molar-refractivity contribution in [2.45, 2.75) is 27.2 Å². The Balaban J connectivity index is 1.02. The first kappa shape index (κ1) is 40.2. The summed E-state index contributed by atoms with van der Waals surface area (Å²) in [7, 11) is 0. The van der Waals surface area contributed by atoms with Crippen molar-refractivity contribution in [2.24, 2.45) is 5.92 Å². The molecule has 12 aromatic heterocycles. The van der Waals surface area contributed by atoms with E-state index < -0.39 is 11.6 Å². The van der Waals surface area contributed by atoms with Crippen molar-refractivity contribution in [1.29, 1.82) is 0 Å². The van der Waals surface area contributed by atoms with Crippen LogP contribution in [-0.2, 0) is 4.79 Å². The van der Waals surface area contributed by atoms with E-state index in [1.54, 1.807) is 67.9 Å². The standard InChI is InChI=1S/C48H33F2N15O3/c1-21(2)8-34(66)56-25-9-24(10-52-11-25)39-38(50)36-44(63-65-46(36)48-57-32-15-53-13-27(40(32)60-48)23-5-7-67-18-23)43(59-39)30-20-68-19-29(30)28-14-54-16-33-41(28)61-47(58-33)45-35-31(62-64-45)17-55-42(37(35)49)26-12-51-6-4-22(26)3/h4-7,9-21H,8H2,1-3H3,(H,56,66)(H,57,60)(H,58,61)(H,62,64)(H,63,65). The van der Waals surface area contributed by atoms with Gasteiger partial charge in [-0.1, -0.05) is 13.8 Å². The van der Waals surface area contributed by atoms with E-state index in [-0.39, 0.29) is 80.2 Å². The van der Waals surface area contributed by atoms with E-state index in [4.69, 9.17) is 23.8 Å². The molecule has 0 aliphatic heterocycles. The molecule has 12 aromatic rings. The molecular formula is C48H33F2N15O3. The summed E-state index contributed by atoms with van der Waals surface area (Å²) in [5.41, 5.74) is 8.26. The maximum atomic E-state index is 17.5. The number of furan rings is 2. The van der Waals surface area contributed by atoms with Crippen LogP contribution in [0.2, 0.25) is 0 Å². The van der Waals surface area contributed by atoms with E-state index in [0.29, 0.717) is 61.1 Å². The average molecular weight is 906 g/mol. The Bertz CT molecular complexity index is 3940. The molecule has 0 aliphatic rings. The van der Waals surface area contributed by atoms with Crippen LogP contribution in [0.15, 0.2) is 108 Å². The fourth-order valence-electron chi connectivity index (χ4n) is 8.49. The van der Waals surface area contributed by atoms with Crippen LogP contribution in [0.5, 0.6) is 0 Å². The van der Waals surface area contributed by atoms with Gasteiger partial charge >= 0.3 is 0 Å². The molecule has 20 heteroatoms. The van der Waals surface area contributed by atoms with Gasteiger partial charge in [-0.15, -0.1) is 0 Å². The molecule has 0 spiro atoms. The molecule has 18 nitrogen and oxygen atoms in total. The number of aryl methyl sites for hydroxylation is 1. The molecule has 0 fully saturated rings. The van der Waals surface area contributed by atoms with Crippen LogP contribution in [0.1, 0.15) is 25.8 Å². The summed E-state index contributed by atoms with van der Waals surface area (Å²) in [5, 5.41) is 18.1. The topological polar surface area (TPSA) is 247 Å². The Morgan fingerprint density at radius 1 is 0.647 bits per heavy atom. The highest BCUT2D eigenvalue weighted by atomic mass is 19.1. The third-order valence-electron chi connectivity index (χ3n) is 11.7. The summed E-state index contributed by atoms with van der Waals surface area (Å²) >= 11 is 0. The molecule has 0 radical (unpaired) electrons. The fourth-order valence-corrected chi connectivity index (χ4v) is 8.49. The molecule has 332 valence electrons. The molecule has 0 unspecified atom stereocenters. The lowest BCUT2D eigenvalue weighted by Crippen LogP contribution is -2.14. The number of hydrogen-bond donors (Lipinski definition) is 5. The third-order valence-corrected chi connectivity index (χ3v) is 11.7. The number of hydrogen-bond acceptors (Lipinski definition) is 13. The summed E-state index contributed by atoms with van der Waals surface area (Å²) in [4.78, 5) is 56.0. The number of nitrogens with one attached hydrogen (secondary N) is 5. The Morgan fingerprint density at radius 2 is 1.35 bits per heavy atom. The van der Waals surface area contributed by atoms with E-state index in [9.17, 15) is 4.79 Å². The summed E-state index contributed by atoms with van der Waals surface area (Å²) < 4.78 is 45.3. The van der Waals surface area contributed by atoms with Crippen molar-refractivity contribution in [2.75, 3.05) is 5.32 Å². The number of rotatable bonds is 10. The first-order valence-corrected chi connectivity index (χ1v) is 21.2. The van der Waals surface area contributed by atoms with Crippen LogP contribution >= 0.6 is 0 Å². The smallest absolute Gasteiger partial charge is 0.224 e. The van der Waals surface area contributed by atoms with Crippen LogP contribution < -0.4 is 5.32 Å². The zero-order valence-electron chi connectivity index (χ0n) is 36.0. The van der Waals surface area contributed by atoms with Crippen molar-refractivity contribution in [3.63, 3.8) is 0 Å². The van der Waals surface area contributed by atoms with Crippen molar-refractivity contribution < 1.29 is 22.4 Å². The number of carbonyl (C=O) groups excluding carboxylic acids is 1. The Morgan fingerprint density at radius 3 is 2.12 bits per heavy atom. The van der Waals surface area contributed by atoms with Crippen LogP contribution in [0.4, 0.5) is 14.5 Å². The maximum absolute atomic E-state index is 17.5. The van der Waals surface area contributed by atoms with E-state index in [0.717, 1.165) is 11.1 Å². The summed E-state index contributed by atoms with van der Waals surface area (Å²) in [5.74, 6) is -0.902. The van der Waals surface area contributed by atoms with E-state index in [1.165, 1.54) is 31.1 Å². The second-order valence-electron chi connectivity index (χ2n) is 16.6. The second-order valence-corrected chi connectivity index (χ2v) is 16.6. The third kappa shape index (κ3) is 6.56. The first-order valence-electron chi connectivity index (χ1n) is 21.2. The van der Waals surface area contributed by atoms with Crippen molar-refractivity contribution in [1.82, 2.24) is 70.2 Å².